The molecule has 0 atom stereocenters. The number of rotatable bonds is 5. The number of aldehydes is 1. The van der Waals surface area contributed by atoms with Crippen LogP contribution in [-0.2, 0) is 0 Å². The van der Waals surface area contributed by atoms with Crippen molar-refractivity contribution < 1.29 is 4.79 Å². The summed E-state index contributed by atoms with van der Waals surface area (Å²) in [6.45, 7) is 0. The van der Waals surface area contributed by atoms with Crippen LogP contribution in [0, 0.1) is 0 Å². The van der Waals surface area contributed by atoms with Gasteiger partial charge in [-0.05, 0) is 52.6 Å². The zero-order valence-electron chi connectivity index (χ0n) is 18.8. The van der Waals surface area contributed by atoms with Crippen LogP contribution in [-0.4, -0.2) is 31.3 Å². The van der Waals surface area contributed by atoms with E-state index in [9.17, 15) is 4.79 Å². The molecule has 0 unspecified atom stereocenters. The number of benzene rings is 3. The molecule has 174 valence electrons. The molecule has 0 spiro atoms. The van der Waals surface area contributed by atoms with E-state index < -0.39 is 0 Å². The van der Waals surface area contributed by atoms with Crippen LogP contribution in [0.1, 0.15) is 10.4 Å². The molecule has 0 bridgehead atoms. The van der Waals surface area contributed by atoms with Crippen LogP contribution in [0.2, 0.25) is 0 Å². The van der Waals surface area contributed by atoms with Gasteiger partial charge in [-0.3, -0.25) is 4.79 Å². The van der Waals surface area contributed by atoms with Crippen LogP contribution in [0.4, 0.5) is 0 Å². The molecule has 9 heteroatoms. The molecule has 0 aliphatic carbocycles. The highest BCUT2D eigenvalue weighted by Gasteiger charge is 2.25. The lowest BCUT2D eigenvalue weighted by atomic mass is 9.97. The molecular weight excluding hydrogens is 573 g/mol. The molecule has 0 amide bonds. The van der Waals surface area contributed by atoms with Gasteiger partial charge in [-0.25, -0.2) is 0 Å². The van der Waals surface area contributed by atoms with Crippen molar-refractivity contribution >= 4 is 130 Å². The largest absolute Gasteiger partial charge is 0.298 e. The second-order valence-corrected chi connectivity index (χ2v) is 16.1. The van der Waals surface area contributed by atoms with E-state index in [2.05, 4.69) is 61.4 Å². The predicted molar refractivity (Wildman–Crippen MR) is 171 cm³/mol. The second-order valence-electron chi connectivity index (χ2n) is 7.17. The van der Waals surface area contributed by atoms with Crippen molar-refractivity contribution in [2.24, 2.45) is 0 Å². The Morgan fingerprint density at radius 1 is 0.588 bits per heavy atom. The first-order chi connectivity index (χ1) is 16.6. The van der Waals surface area contributed by atoms with Crippen molar-refractivity contribution in [3.8, 4) is 0 Å². The number of hydrogen-bond donors (Lipinski definition) is 0. The molecule has 2 aliphatic heterocycles. The van der Waals surface area contributed by atoms with Gasteiger partial charge in [0.15, 0.2) is 0 Å². The maximum atomic E-state index is 11.8. The molecule has 0 fully saturated rings. The average molecular weight is 593 g/mol. The Labute approximate surface area is 233 Å². The Bertz CT molecular complexity index is 1480. The fourth-order valence-corrected chi connectivity index (χ4v) is 14.2. The fraction of sp³-hybridized carbons (Fsp3) is 0.160. The van der Waals surface area contributed by atoms with E-state index in [0.29, 0.717) is 0 Å². The Balaban J connectivity index is 1.94. The minimum Gasteiger partial charge on any atom is -0.298 e. The van der Waals surface area contributed by atoms with Crippen LogP contribution in [0.15, 0.2) is 59.4 Å². The van der Waals surface area contributed by atoms with Gasteiger partial charge in [0.1, 0.15) is 6.29 Å². The Kier molecular flexibility index (Phi) is 8.32. The highest BCUT2D eigenvalue weighted by molar-refractivity contribution is 8.46. The lowest BCUT2D eigenvalue weighted by Crippen LogP contribution is -2.17. The van der Waals surface area contributed by atoms with Crippen molar-refractivity contribution in [2.75, 3.05) is 25.0 Å². The van der Waals surface area contributed by atoms with E-state index in [1.807, 2.05) is 100 Å². The molecule has 2 heterocycles. The van der Waals surface area contributed by atoms with Crippen LogP contribution in [0.3, 0.4) is 0 Å². The predicted octanol–water partition coefficient (Wildman–Crippen LogP) is 8.60. The maximum absolute atomic E-state index is 11.8. The van der Waals surface area contributed by atoms with Crippen molar-refractivity contribution in [1.29, 1.82) is 0 Å². The first-order valence-electron chi connectivity index (χ1n) is 10.2. The summed E-state index contributed by atoms with van der Waals surface area (Å²) in [6, 6.07) is 15.0. The van der Waals surface area contributed by atoms with Gasteiger partial charge in [-0.1, -0.05) is 83.4 Å². The Morgan fingerprint density at radius 3 is 1.41 bits per heavy atom. The monoisotopic (exact) mass is 592 g/mol. The molecular formula is C25H20OS8. The van der Waals surface area contributed by atoms with Crippen molar-refractivity contribution in [1.82, 2.24) is 0 Å². The molecule has 0 saturated carbocycles. The zero-order valence-corrected chi connectivity index (χ0v) is 25.3. The third-order valence-electron chi connectivity index (χ3n) is 5.41. The lowest BCUT2D eigenvalue weighted by molar-refractivity contribution is 0.112. The number of carbonyl (C=O) groups is 1. The Morgan fingerprint density at radius 2 is 1.00 bits per heavy atom. The molecule has 34 heavy (non-hydrogen) atoms. The third kappa shape index (κ3) is 4.53. The van der Waals surface area contributed by atoms with Gasteiger partial charge in [0.05, 0.1) is 25.4 Å². The summed E-state index contributed by atoms with van der Waals surface area (Å²) >= 11 is 14.8. The molecule has 2 aliphatic rings. The van der Waals surface area contributed by atoms with Crippen molar-refractivity contribution in [3.63, 3.8) is 0 Å². The zero-order chi connectivity index (χ0) is 23.8. The normalized spacial score (nSPS) is 16.6. The van der Waals surface area contributed by atoms with Gasteiger partial charge < -0.3 is 0 Å². The summed E-state index contributed by atoms with van der Waals surface area (Å²) < 4.78 is 8.07. The van der Waals surface area contributed by atoms with Crippen LogP contribution in [0.25, 0.3) is 30.0 Å². The highest BCUT2D eigenvalue weighted by atomic mass is 32.3. The van der Waals surface area contributed by atoms with E-state index >= 15 is 0 Å². The molecule has 1 nitrogen and oxygen atoms in total. The summed E-state index contributed by atoms with van der Waals surface area (Å²) in [5.41, 5.74) is 0.719. The highest BCUT2D eigenvalue weighted by Crippen LogP contribution is 2.58. The van der Waals surface area contributed by atoms with Gasteiger partial charge in [0.2, 0.25) is 0 Å². The smallest absolute Gasteiger partial charge is 0.150 e. The van der Waals surface area contributed by atoms with E-state index in [1.54, 1.807) is 0 Å². The molecule has 0 aromatic heterocycles. The summed E-state index contributed by atoms with van der Waals surface area (Å²) in [5.74, 6) is 0. The summed E-state index contributed by atoms with van der Waals surface area (Å²) in [7, 11) is 0. The van der Waals surface area contributed by atoms with Crippen molar-refractivity contribution in [3.05, 3.63) is 75.4 Å². The number of thioether (sulfide) groups is 8. The molecule has 5 rings (SSSR count). The van der Waals surface area contributed by atoms with E-state index in [4.69, 9.17) is 0 Å². The maximum Gasteiger partial charge on any atom is 0.150 e. The average Bonchev–Trinajstić information content (AvgIpc) is 3.50. The lowest BCUT2D eigenvalue weighted by Gasteiger charge is -2.12. The molecule has 0 saturated heterocycles. The van der Waals surface area contributed by atoms with Crippen LogP contribution >= 0.6 is 94.1 Å². The Hall–Kier alpha value is -0.130. The van der Waals surface area contributed by atoms with Gasteiger partial charge in [-0.2, -0.15) is 0 Å². The number of fused-ring (bicyclic) bond motifs is 2. The summed E-state index contributed by atoms with van der Waals surface area (Å²) in [5, 5.41) is 7.44. The third-order valence-corrected chi connectivity index (χ3v) is 15.9. The SMILES string of the molecule is CSC1=C(SC)SC(=c2c3ccccc3c(=C3SC(SC)=C(SC)S3)c3cc(C=O)ccc23)S1. The topological polar surface area (TPSA) is 17.1 Å². The summed E-state index contributed by atoms with van der Waals surface area (Å²) in [6.07, 6.45) is 9.57. The molecule has 3 aromatic rings. The summed E-state index contributed by atoms with van der Waals surface area (Å²) in [4.78, 5) is 11.8. The standard InChI is InChI=1S/C25H20OS8/c1-27-22-23(28-2)32-20(31-22)18-14-7-5-6-8-15(14)19(17-11-13(12-26)9-10-16(17)18)21-33-24(29-3)25(30-4)34-21/h5-12H,1-4H3. The molecule has 0 N–H and O–H groups in total. The minimum atomic E-state index is 0.719. The van der Waals surface area contributed by atoms with Gasteiger partial charge in [-0.15, -0.1) is 47.0 Å². The van der Waals surface area contributed by atoms with Crippen LogP contribution in [0.5, 0.6) is 0 Å². The second kappa shape index (κ2) is 11.1. The van der Waals surface area contributed by atoms with Gasteiger partial charge in [0, 0.05) is 16.0 Å². The number of hydrogen-bond acceptors (Lipinski definition) is 9. The molecule has 3 aromatic carbocycles. The fourth-order valence-electron chi connectivity index (χ4n) is 3.96. The quantitative estimate of drug-likeness (QED) is 0.212. The van der Waals surface area contributed by atoms with E-state index in [0.717, 1.165) is 17.2 Å². The minimum absolute atomic E-state index is 0.719. The van der Waals surface area contributed by atoms with E-state index in [-0.39, 0.29) is 0 Å². The first kappa shape index (κ1) is 25.5. The van der Waals surface area contributed by atoms with Gasteiger partial charge >= 0.3 is 0 Å². The van der Waals surface area contributed by atoms with Crippen molar-refractivity contribution in [2.45, 2.75) is 0 Å². The van der Waals surface area contributed by atoms with E-state index in [1.165, 1.54) is 52.0 Å². The molecule has 0 radical (unpaired) electrons. The first-order valence-corrected chi connectivity index (χ1v) is 18.3. The van der Waals surface area contributed by atoms with Gasteiger partial charge in [0.25, 0.3) is 0 Å². The number of carbonyl (C=O) groups excluding carboxylic acids is 1. The van der Waals surface area contributed by atoms with Crippen LogP contribution < -0.4 is 10.4 Å².